The van der Waals surface area contributed by atoms with E-state index in [1.54, 1.807) is 0 Å². The molecular weight excluding hydrogens is 284 g/mol. The Bertz CT molecular complexity index is 637. The summed E-state index contributed by atoms with van der Waals surface area (Å²) in [6.07, 6.45) is 0. The predicted octanol–water partition coefficient (Wildman–Crippen LogP) is 3.06. The van der Waals surface area contributed by atoms with Gasteiger partial charge in [0.25, 0.3) is 5.91 Å². The molecule has 0 aliphatic carbocycles. The van der Waals surface area contributed by atoms with Crippen molar-refractivity contribution in [2.75, 3.05) is 19.8 Å². The second kappa shape index (κ2) is 5.58. The van der Waals surface area contributed by atoms with Gasteiger partial charge in [0.2, 0.25) is 0 Å². The molecule has 1 aromatic carbocycles. The van der Waals surface area contributed by atoms with Crippen molar-refractivity contribution in [3.05, 3.63) is 41.4 Å². The average Bonchev–Trinajstić information content (AvgIpc) is 2.97. The highest BCUT2D eigenvalue weighted by Crippen LogP contribution is 2.26. The first kappa shape index (κ1) is 14.2. The lowest BCUT2D eigenvalue weighted by Crippen LogP contribution is -2.55. The third-order valence-corrected chi connectivity index (χ3v) is 4.53. The lowest BCUT2D eigenvalue weighted by Gasteiger charge is -2.41. The topological polar surface area (TPSA) is 42.4 Å². The number of ether oxygens (including phenoxy) is 1. The summed E-state index contributed by atoms with van der Waals surface area (Å²) in [6.45, 7) is 5.81. The quantitative estimate of drug-likeness (QED) is 0.856. The van der Waals surface area contributed by atoms with Crippen molar-refractivity contribution in [3.8, 4) is 10.6 Å². The van der Waals surface area contributed by atoms with Gasteiger partial charge in [-0.3, -0.25) is 4.79 Å². The molecule has 1 aliphatic rings. The molecule has 0 bridgehead atoms. The van der Waals surface area contributed by atoms with E-state index in [1.165, 1.54) is 11.3 Å². The van der Waals surface area contributed by atoms with Crippen molar-refractivity contribution in [2.24, 2.45) is 0 Å². The first-order valence-corrected chi connectivity index (χ1v) is 7.86. The van der Waals surface area contributed by atoms with Crippen LogP contribution >= 0.6 is 11.3 Å². The SMILES string of the molecule is CC1(C)COCCN1C(=O)c1csc(-c2ccccc2)n1. The van der Waals surface area contributed by atoms with Gasteiger partial charge in [-0.2, -0.15) is 0 Å². The van der Waals surface area contributed by atoms with Crippen LogP contribution in [0.2, 0.25) is 0 Å². The Balaban J connectivity index is 1.84. The summed E-state index contributed by atoms with van der Waals surface area (Å²) in [4.78, 5) is 19.0. The van der Waals surface area contributed by atoms with Crippen LogP contribution < -0.4 is 0 Å². The number of thiazole rings is 1. The molecule has 0 atom stereocenters. The van der Waals surface area contributed by atoms with Gasteiger partial charge in [0.1, 0.15) is 10.7 Å². The Labute approximate surface area is 128 Å². The van der Waals surface area contributed by atoms with Gasteiger partial charge in [-0.15, -0.1) is 11.3 Å². The van der Waals surface area contributed by atoms with Crippen molar-refractivity contribution >= 4 is 17.2 Å². The first-order chi connectivity index (χ1) is 10.1. The van der Waals surface area contributed by atoms with Crippen LogP contribution in [0.3, 0.4) is 0 Å². The lowest BCUT2D eigenvalue weighted by molar-refractivity contribution is -0.0372. The highest BCUT2D eigenvalue weighted by Gasteiger charge is 2.35. The molecule has 1 aromatic heterocycles. The maximum Gasteiger partial charge on any atom is 0.273 e. The minimum Gasteiger partial charge on any atom is -0.377 e. The number of rotatable bonds is 2. The zero-order chi connectivity index (χ0) is 14.9. The van der Waals surface area contributed by atoms with E-state index in [9.17, 15) is 4.79 Å². The molecule has 2 heterocycles. The first-order valence-electron chi connectivity index (χ1n) is 6.98. The van der Waals surface area contributed by atoms with Gasteiger partial charge < -0.3 is 9.64 Å². The molecule has 4 nitrogen and oxygen atoms in total. The molecule has 0 radical (unpaired) electrons. The molecule has 1 amide bonds. The summed E-state index contributed by atoms with van der Waals surface area (Å²) in [7, 11) is 0. The van der Waals surface area contributed by atoms with E-state index < -0.39 is 0 Å². The molecule has 1 saturated heterocycles. The fraction of sp³-hybridized carbons (Fsp3) is 0.375. The van der Waals surface area contributed by atoms with Gasteiger partial charge >= 0.3 is 0 Å². The molecule has 0 spiro atoms. The molecule has 5 heteroatoms. The normalized spacial score (nSPS) is 17.7. The second-order valence-electron chi connectivity index (χ2n) is 5.73. The summed E-state index contributed by atoms with van der Waals surface area (Å²) < 4.78 is 5.46. The minimum atomic E-state index is -0.286. The summed E-state index contributed by atoms with van der Waals surface area (Å²) in [5, 5.41) is 2.72. The van der Waals surface area contributed by atoms with Crippen molar-refractivity contribution in [3.63, 3.8) is 0 Å². The van der Waals surface area contributed by atoms with Crippen LogP contribution in [0.4, 0.5) is 0 Å². The number of hydrogen-bond acceptors (Lipinski definition) is 4. The van der Waals surface area contributed by atoms with Crippen LogP contribution in [0.25, 0.3) is 10.6 Å². The zero-order valence-electron chi connectivity index (χ0n) is 12.2. The fourth-order valence-corrected chi connectivity index (χ4v) is 3.26. The van der Waals surface area contributed by atoms with Crippen LogP contribution in [0.1, 0.15) is 24.3 Å². The van der Waals surface area contributed by atoms with E-state index >= 15 is 0 Å². The molecular formula is C16H18N2O2S. The standard InChI is InChI=1S/C16H18N2O2S/c1-16(2)11-20-9-8-18(16)15(19)13-10-21-14(17-13)12-6-4-3-5-7-12/h3-7,10H,8-9,11H2,1-2H3. The van der Waals surface area contributed by atoms with E-state index in [2.05, 4.69) is 4.98 Å². The molecule has 2 aromatic rings. The molecule has 21 heavy (non-hydrogen) atoms. The summed E-state index contributed by atoms with van der Waals surface area (Å²) >= 11 is 1.51. The van der Waals surface area contributed by atoms with Crippen molar-refractivity contribution in [2.45, 2.75) is 19.4 Å². The van der Waals surface area contributed by atoms with Crippen molar-refractivity contribution < 1.29 is 9.53 Å². The molecule has 0 unspecified atom stereocenters. The van der Waals surface area contributed by atoms with Gasteiger partial charge in [0, 0.05) is 17.5 Å². The smallest absolute Gasteiger partial charge is 0.273 e. The van der Waals surface area contributed by atoms with Crippen molar-refractivity contribution in [1.82, 2.24) is 9.88 Å². The Kier molecular flexibility index (Phi) is 3.78. The van der Waals surface area contributed by atoms with Gasteiger partial charge in [0.05, 0.1) is 18.8 Å². The predicted molar refractivity (Wildman–Crippen MR) is 83.5 cm³/mol. The highest BCUT2D eigenvalue weighted by atomic mass is 32.1. The molecule has 3 rings (SSSR count). The number of carbonyl (C=O) groups is 1. The number of morpholine rings is 1. The Morgan fingerprint density at radius 2 is 2.10 bits per heavy atom. The van der Waals surface area contributed by atoms with Crippen LogP contribution in [-0.2, 0) is 4.74 Å². The molecule has 0 N–H and O–H groups in total. The summed E-state index contributed by atoms with van der Waals surface area (Å²) in [6, 6.07) is 9.93. The number of aromatic nitrogens is 1. The van der Waals surface area contributed by atoms with Crippen molar-refractivity contribution in [1.29, 1.82) is 0 Å². The third kappa shape index (κ3) is 2.84. The van der Waals surface area contributed by atoms with Crippen LogP contribution in [-0.4, -0.2) is 41.1 Å². The Morgan fingerprint density at radius 1 is 1.33 bits per heavy atom. The summed E-state index contributed by atoms with van der Waals surface area (Å²) in [5.41, 5.74) is 1.28. The van der Waals surface area contributed by atoms with Crippen LogP contribution in [0.5, 0.6) is 0 Å². The van der Waals surface area contributed by atoms with E-state index in [1.807, 2.05) is 54.5 Å². The van der Waals surface area contributed by atoms with Gasteiger partial charge in [-0.25, -0.2) is 4.98 Å². The Morgan fingerprint density at radius 3 is 2.81 bits per heavy atom. The van der Waals surface area contributed by atoms with Crippen LogP contribution in [0.15, 0.2) is 35.7 Å². The van der Waals surface area contributed by atoms with Gasteiger partial charge in [-0.05, 0) is 13.8 Å². The average molecular weight is 302 g/mol. The van der Waals surface area contributed by atoms with E-state index in [0.717, 1.165) is 10.6 Å². The van der Waals surface area contributed by atoms with Gasteiger partial charge in [-0.1, -0.05) is 30.3 Å². The van der Waals surface area contributed by atoms with E-state index in [0.29, 0.717) is 25.5 Å². The molecule has 1 aliphatic heterocycles. The highest BCUT2D eigenvalue weighted by molar-refractivity contribution is 7.13. The lowest BCUT2D eigenvalue weighted by atomic mass is 10.0. The fourth-order valence-electron chi connectivity index (χ4n) is 2.46. The maximum absolute atomic E-state index is 12.7. The Hall–Kier alpha value is -1.72. The zero-order valence-corrected chi connectivity index (χ0v) is 13.0. The second-order valence-corrected chi connectivity index (χ2v) is 6.58. The largest absolute Gasteiger partial charge is 0.377 e. The monoisotopic (exact) mass is 302 g/mol. The number of hydrogen-bond donors (Lipinski definition) is 0. The molecule has 110 valence electrons. The van der Waals surface area contributed by atoms with E-state index in [4.69, 9.17) is 4.74 Å². The van der Waals surface area contributed by atoms with Gasteiger partial charge in [0.15, 0.2) is 0 Å². The van der Waals surface area contributed by atoms with Crippen LogP contribution in [0, 0.1) is 0 Å². The molecule has 0 saturated carbocycles. The number of nitrogens with zero attached hydrogens (tertiary/aromatic N) is 2. The molecule has 1 fully saturated rings. The third-order valence-electron chi connectivity index (χ3n) is 3.63. The number of benzene rings is 1. The summed E-state index contributed by atoms with van der Waals surface area (Å²) in [5.74, 6) is -0.0123. The number of amides is 1. The number of carbonyl (C=O) groups excluding carboxylic acids is 1. The maximum atomic E-state index is 12.7. The minimum absolute atomic E-state index is 0.0123. The van der Waals surface area contributed by atoms with E-state index in [-0.39, 0.29) is 11.4 Å².